The topological polar surface area (TPSA) is 115 Å². The minimum atomic E-state index is -0.587. The van der Waals surface area contributed by atoms with E-state index in [1.54, 1.807) is 16.7 Å². The summed E-state index contributed by atoms with van der Waals surface area (Å²) in [5, 5.41) is 4.46. The molecule has 0 fully saturated rings. The minimum absolute atomic E-state index is 0.298. The first-order valence-electron chi connectivity index (χ1n) is 6.04. The van der Waals surface area contributed by atoms with Crippen molar-refractivity contribution in [2.45, 2.75) is 6.54 Å². The first-order valence-corrected chi connectivity index (χ1v) is 6.04. The fourth-order valence-electron chi connectivity index (χ4n) is 2.51. The van der Waals surface area contributed by atoms with Gasteiger partial charge in [0, 0.05) is 24.0 Å². The molecule has 0 saturated carbocycles. The van der Waals surface area contributed by atoms with Crippen LogP contribution in [0, 0.1) is 6.07 Å². The van der Waals surface area contributed by atoms with Crippen molar-refractivity contribution in [3.8, 4) is 0 Å². The SMILES string of the molecule is NCCn1c(C(N)=O)c2c3c(c[c]cc31)C(=O)NN=C2. The number of nitrogens with zero attached hydrogens (tertiary/aromatic N) is 2. The van der Waals surface area contributed by atoms with E-state index in [-0.39, 0.29) is 5.91 Å². The molecule has 1 aliphatic heterocycles. The van der Waals surface area contributed by atoms with Crippen molar-refractivity contribution in [3.63, 3.8) is 0 Å². The molecular weight excluding hydrogens is 258 g/mol. The zero-order valence-electron chi connectivity index (χ0n) is 10.5. The van der Waals surface area contributed by atoms with Gasteiger partial charge in [-0.3, -0.25) is 9.59 Å². The standard InChI is InChI=1S/C13H12N5O2/c14-4-5-18-9-3-1-2-7-10(9)8(11(18)12(15)19)6-16-17-13(7)20/h2-3,6H,4-5,14H2,(H2,15,19)(H,17,20). The Bertz CT molecular complexity index is 760. The summed E-state index contributed by atoms with van der Waals surface area (Å²) in [6.45, 7) is 0.762. The number of primary amides is 1. The highest BCUT2D eigenvalue weighted by molar-refractivity contribution is 6.18. The predicted molar refractivity (Wildman–Crippen MR) is 73.4 cm³/mol. The average molecular weight is 270 g/mol. The maximum atomic E-state index is 11.9. The molecule has 5 N–H and O–H groups in total. The molecule has 101 valence electrons. The summed E-state index contributed by atoms with van der Waals surface area (Å²) in [6.07, 6.45) is 1.43. The molecule has 7 heteroatoms. The second-order valence-electron chi connectivity index (χ2n) is 4.40. The lowest BCUT2D eigenvalue weighted by molar-refractivity contribution is 0.0955. The molecule has 0 saturated heterocycles. The monoisotopic (exact) mass is 270 g/mol. The van der Waals surface area contributed by atoms with Crippen LogP contribution in [0.15, 0.2) is 17.2 Å². The third-order valence-corrected chi connectivity index (χ3v) is 3.25. The van der Waals surface area contributed by atoms with Crippen molar-refractivity contribution in [2.24, 2.45) is 16.6 Å². The third kappa shape index (κ3) is 1.60. The van der Waals surface area contributed by atoms with E-state index in [9.17, 15) is 9.59 Å². The van der Waals surface area contributed by atoms with Gasteiger partial charge in [0.05, 0.1) is 17.3 Å². The smallest absolute Gasteiger partial charge is 0.272 e. The molecule has 3 rings (SSSR count). The largest absolute Gasteiger partial charge is 0.364 e. The van der Waals surface area contributed by atoms with E-state index in [0.29, 0.717) is 40.8 Å². The molecule has 2 heterocycles. The highest BCUT2D eigenvalue weighted by Crippen LogP contribution is 2.29. The summed E-state index contributed by atoms with van der Waals surface area (Å²) in [6, 6.07) is 6.16. The minimum Gasteiger partial charge on any atom is -0.364 e. The Hall–Kier alpha value is -2.67. The second kappa shape index (κ2) is 4.46. The fraction of sp³-hybridized carbons (Fsp3) is 0.154. The number of aromatic nitrogens is 1. The van der Waals surface area contributed by atoms with Crippen LogP contribution in [0.25, 0.3) is 10.9 Å². The summed E-state index contributed by atoms with van der Waals surface area (Å²) in [7, 11) is 0. The van der Waals surface area contributed by atoms with E-state index < -0.39 is 5.91 Å². The lowest BCUT2D eigenvalue weighted by Crippen LogP contribution is -2.21. The lowest BCUT2D eigenvalue weighted by Gasteiger charge is -2.07. The first kappa shape index (κ1) is 12.4. The van der Waals surface area contributed by atoms with E-state index in [0.717, 1.165) is 0 Å². The maximum Gasteiger partial charge on any atom is 0.272 e. The number of hydrogen-bond acceptors (Lipinski definition) is 4. The summed E-state index contributed by atoms with van der Waals surface area (Å²) >= 11 is 0. The number of benzene rings is 1. The molecule has 2 aromatic rings. The summed E-state index contributed by atoms with van der Waals surface area (Å²) in [5.74, 6) is -0.931. The van der Waals surface area contributed by atoms with Gasteiger partial charge in [-0.25, -0.2) is 5.43 Å². The number of nitrogens with two attached hydrogens (primary N) is 2. The Kier molecular flexibility index (Phi) is 2.76. The Labute approximate surface area is 114 Å². The summed E-state index contributed by atoms with van der Waals surface area (Å²) < 4.78 is 1.71. The Morgan fingerprint density at radius 1 is 1.45 bits per heavy atom. The number of hydrazone groups is 1. The van der Waals surface area contributed by atoms with E-state index in [2.05, 4.69) is 16.6 Å². The Balaban J connectivity index is 2.49. The fourth-order valence-corrected chi connectivity index (χ4v) is 2.51. The van der Waals surface area contributed by atoms with Crippen molar-refractivity contribution in [1.29, 1.82) is 0 Å². The molecular formula is C13H12N5O2. The Morgan fingerprint density at radius 2 is 2.25 bits per heavy atom. The number of carbonyl (C=O) groups excluding carboxylic acids is 2. The molecule has 0 aliphatic carbocycles. The van der Waals surface area contributed by atoms with Crippen molar-refractivity contribution in [3.05, 3.63) is 35.0 Å². The maximum absolute atomic E-state index is 11.9. The van der Waals surface area contributed by atoms with Crippen LogP contribution in [-0.2, 0) is 6.54 Å². The number of nitrogens with one attached hydrogen (secondary N) is 1. The van der Waals surface area contributed by atoms with Crippen LogP contribution in [0.1, 0.15) is 26.4 Å². The van der Waals surface area contributed by atoms with E-state index >= 15 is 0 Å². The zero-order chi connectivity index (χ0) is 14.3. The van der Waals surface area contributed by atoms with Gasteiger partial charge in [0.2, 0.25) is 0 Å². The molecule has 1 radical (unpaired) electrons. The molecule has 20 heavy (non-hydrogen) atoms. The van der Waals surface area contributed by atoms with Crippen LogP contribution in [-0.4, -0.2) is 29.1 Å². The van der Waals surface area contributed by atoms with Gasteiger partial charge >= 0.3 is 0 Å². The molecule has 1 aromatic carbocycles. The van der Waals surface area contributed by atoms with Crippen LogP contribution < -0.4 is 16.9 Å². The van der Waals surface area contributed by atoms with Crippen molar-refractivity contribution in [1.82, 2.24) is 9.99 Å². The van der Waals surface area contributed by atoms with Gasteiger partial charge in [0.15, 0.2) is 0 Å². The average Bonchev–Trinajstić information content (AvgIpc) is 2.63. The molecule has 0 spiro atoms. The quantitative estimate of drug-likeness (QED) is 0.703. The van der Waals surface area contributed by atoms with Crippen LogP contribution in [0.2, 0.25) is 0 Å². The molecule has 0 atom stereocenters. The zero-order valence-corrected chi connectivity index (χ0v) is 10.5. The number of carbonyl (C=O) groups is 2. The van der Waals surface area contributed by atoms with E-state index in [1.807, 2.05) is 0 Å². The molecule has 0 bridgehead atoms. The molecule has 2 amide bonds. The number of amides is 2. The van der Waals surface area contributed by atoms with Gasteiger partial charge in [-0.1, -0.05) is 0 Å². The van der Waals surface area contributed by atoms with Gasteiger partial charge in [0.1, 0.15) is 5.69 Å². The van der Waals surface area contributed by atoms with Gasteiger partial charge in [-0.2, -0.15) is 5.10 Å². The summed E-state index contributed by atoms with van der Waals surface area (Å²) in [4.78, 5) is 23.7. The van der Waals surface area contributed by atoms with Gasteiger partial charge < -0.3 is 16.0 Å². The molecule has 1 aromatic heterocycles. The van der Waals surface area contributed by atoms with Gasteiger partial charge in [0.25, 0.3) is 11.8 Å². The first-order chi connectivity index (χ1) is 9.65. The third-order valence-electron chi connectivity index (χ3n) is 3.25. The number of rotatable bonds is 3. The highest BCUT2D eigenvalue weighted by atomic mass is 16.2. The van der Waals surface area contributed by atoms with Crippen molar-refractivity contribution < 1.29 is 9.59 Å². The lowest BCUT2D eigenvalue weighted by atomic mass is 10.1. The van der Waals surface area contributed by atoms with Crippen molar-refractivity contribution in [2.75, 3.05) is 6.54 Å². The van der Waals surface area contributed by atoms with Crippen LogP contribution in [0.4, 0.5) is 0 Å². The van der Waals surface area contributed by atoms with Gasteiger partial charge in [-0.05, 0) is 18.2 Å². The van der Waals surface area contributed by atoms with E-state index in [4.69, 9.17) is 11.5 Å². The molecule has 1 aliphatic rings. The summed E-state index contributed by atoms with van der Waals surface area (Å²) in [5.41, 5.74) is 15.4. The van der Waals surface area contributed by atoms with Crippen molar-refractivity contribution >= 4 is 28.9 Å². The van der Waals surface area contributed by atoms with Crippen LogP contribution in [0.3, 0.4) is 0 Å². The predicted octanol–water partition coefficient (Wildman–Crippen LogP) is -0.424. The molecule has 0 unspecified atom stereocenters. The number of hydrogen-bond donors (Lipinski definition) is 3. The van der Waals surface area contributed by atoms with E-state index in [1.165, 1.54) is 6.21 Å². The second-order valence-corrected chi connectivity index (χ2v) is 4.40. The normalized spacial score (nSPS) is 13.3. The molecule has 7 nitrogen and oxygen atoms in total. The Morgan fingerprint density at radius 3 is 2.95 bits per heavy atom. The highest BCUT2D eigenvalue weighted by Gasteiger charge is 2.25. The van der Waals surface area contributed by atoms with Gasteiger partial charge in [-0.15, -0.1) is 0 Å². The van der Waals surface area contributed by atoms with Crippen LogP contribution in [0.5, 0.6) is 0 Å². The van der Waals surface area contributed by atoms with Crippen LogP contribution >= 0.6 is 0 Å².